The molecule has 1 N–H and O–H groups in total. The number of para-hydroxylation sites is 1. The van der Waals surface area contributed by atoms with Gasteiger partial charge in [0.15, 0.2) is 0 Å². The number of piperidine rings is 1. The predicted molar refractivity (Wildman–Crippen MR) is 103 cm³/mol. The van der Waals surface area contributed by atoms with Crippen LogP contribution in [0.5, 0.6) is 11.9 Å². The molecule has 3 aromatic rings. The van der Waals surface area contributed by atoms with Gasteiger partial charge in [-0.15, -0.1) is 0 Å². The van der Waals surface area contributed by atoms with Gasteiger partial charge in [-0.2, -0.15) is 4.98 Å². The summed E-state index contributed by atoms with van der Waals surface area (Å²) in [6.45, 7) is 1.10. The van der Waals surface area contributed by atoms with Crippen molar-refractivity contribution in [1.29, 1.82) is 0 Å². The summed E-state index contributed by atoms with van der Waals surface area (Å²) in [4.78, 5) is 37.6. The third kappa shape index (κ3) is 3.66. The highest BCUT2D eigenvalue weighted by atomic mass is 16.5. The molecule has 1 aliphatic heterocycles. The molecule has 1 saturated heterocycles. The molecule has 1 aliphatic rings. The molecule has 0 saturated carbocycles. The molecule has 8 nitrogen and oxygen atoms in total. The largest absolute Gasteiger partial charge is 0.474 e. The molecule has 8 heteroatoms. The molecular weight excluding hydrogens is 360 g/mol. The van der Waals surface area contributed by atoms with E-state index in [0.717, 1.165) is 5.39 Å². The number of hydrogen-bond acceptors (Lipinski definition) is 6. The molecule has 0 aliphatic carbocycles. The Labute approximate surface area is 161 Å². The number of benzene rings is 1. The van der Waals surface area contributed by atoms with E-state index >= 15 is 0 Å². The third-order valence-electron chi connectivity index (χ3n) is 4.79. The number of pyridine rings is 1. The van der Waals surface area contributed by atoms with E-state index in [1.54, 1.807) is 23.2 Å². The Morgan fingerprint density at radius 1 is 1.21 bits per heavy atom. The van der Waals surface area contributed by atoms with Crippen molar-refractivity contribution in [3.63, 3.8) is 0 Å². The van der Waals surface area contributed by atoms with Crippen LogP contribution >= 0.6 is 0 Å². The van der Waals surface area contributed by atoms with Crippen molar-refractivity contribution in [1.82, 2.24) is 19.9 Å². The first kappa shape index (κ1) is 18.0. The summed E-state index contributed by atoms with van der Waals surface area (Å²) in [6, 6.07) is 10.6. The number of fused-ring (bicyclic) bond motifs is 1. The van der Waals surface area contributed by atoms with Crippen LogP contribution in [0.15, 0.2) is 47.4 Å². The normalized spacial score (nSPS) is 14.8. The van der Waals surface area contributed by atoms with Crippen molar-refractivity contribution in [2.75, 3.05) is 20.2 Å². The fraction of sp³-hybridized carbons (Fsp3) is 0.300. The van der Waals surface area contributed by atoms with Crippen LogP contribution in [0.1, 0.15) is 23.2 Å². The first-order chi connectivity index (χ1) is 13.6. The molecule has 1 fully saturated rings. The standard InChI is InChI=1S/C20H20N4O4/c1-27-20-21-9-6-18(23-20)28-13-7-10-24(11-8-13)19(26)15-12-17(25)22-16-5-3-2-4-14(15)16/h2-6,9,12-13H,7-8,10-11H2,1H3,(H,22,25). The van der Waals surface area contributed by atoms with Crippen molar-refractivity contribution >= 4 is 16.8 Å². The van der Waals surface area contributed by atoms with Gasteiger partial charge in [0.05, 0.1) is 12.7 Å². The van der Waals surface area contributed by atoms with Crippen LogP contribution in [0.4, 0.5) is 0 Å². The Balaban J connectivity index is 1.45. The average molecular weight is 380 g/mol. The number of amides is 1. The molecule has 144 valence electrons. The number of nitrogens with zero attached hydrogens (tertiary/aromatic N) is 3. The van der Waals surface area contributed by atoms with E-state index in [4.69, 9.17) is 9.47 Å². The lowest BCUT2D eigenvalue weighted by Gasteiger charge is -2.32. The first-order valence-electron chi connectivity index (χ1n) is 9.09. The first-order valence-corrected chi connectivity index (χ1v) is 9.09. The Bertz CT molecular complexity index is 1060. The molecule has 1 amide bonds. The molecule has 3 heterocycles. The molecule has 0 radical (unpaired) electrons. The minimum Gasteiger partial charge on any atom is -0.474 e. The van der Waals surface area contributed by atoms with E-state index < -0.39 is 0 Å². The zero-order chi connectivity index (χ0) is 19.5. The number of ether oxygens (including phenoxy) is 2. The second-order valence-electron chi connectivity index (χ2n) is 6.58. The monoisotopic (exact) mass is 380 g/mol. The van der Waals surface area contributed by atoms with Crippen LogP contribution in [0.3, 0.4) is 0 Å². The highest BCUT2D eigenvalue weighted by Crippen LogP contribution is 2.22. The van der Waals surface area contributed by atoms with Crippen molar-refractivity contribution in [3.05, 3.63) is 58.5 Å². The number of carbonyl (C=O) groups excluding carboxylic acids is 1. The maximum Gasteiger partial charge on any atom is 0.319 e. The van der Waals surface area contributed by atoms with E-state index in [1.807, 2.05) is 18.2 Å². The van der Waals surface area contributed by atoms with E-state index in [0.29, 0.717) is 42.9 Å². The summed E-state index contributed by atoms with van der Waals surface area (Å²) >= 11 is 0. The average Bonchev–Trinajstić information content (AvgIpc) is 2.73. The van der Waals surface area contributed by atoms with Crippen LogP contribution in [-0.4, -0.2) is 52.1 Å². The molecule has 4 rings (SSSR count). The van der Waals surface area contributed by atoms with E-state index in [1.165, 1.54) is 13.2 Å². The Morgan fingerprint density at radius 2 is 2.00 bits per heavy atom. The number of carbonyl (C=O) groups is 1. The molecule has 0 bridgehead atoms. The summed E-state index contributed by atoms with van der Waals surface area (Å²) in [5.74, 6) is 0.321. The lowest BCUT2D eigenvalue weighted by atomic mass is 10.0. The van der Waals surface area contributed by atoms with Gasteiger partial charge >= 0.3 is 6.01 Å². The summed E-state index contributed by atoms with van der Waals surface area (Å²) in [5.41, 5.74) is 0.812. The maximum absolute atomic E-state index is 13.0. The van der Waals surface area contributed by atoms with Crippen molar-refractivity contribution in [3.8, 4) is 11.9 Å². The smallest absolute Gasteiger partial charge is 0.319 e. The Hall–Kier alpha value is -3.42. The van der Waals surface area contributed by atoms with Crippen LogP contribution in [0.25, 0.3) is 10.9 Å². The molecule has 1 aromatic carbocycles. The van der Waals surface area contributed by atoms with Gasteiger partial charge in [-0.25, -0.2) is 4.98 Å². The minimum atomic E-state index is -0.280. The summed E-state index contributed by atoms with van der Waals surface area (Å²) < 4.78 is 10.9. The number of methoxy groups -OCH3 is 1. The summed E-state index contributed by atoms with van der Waals surface area (Å²) in [7, 11) is 1.50. The fourth-order valence-corrected chi connectivity index (χ4v) is 3.39. The van der Waals surface area contributed by atoms with Gasteiger partial charge in [-0.1, -0.05) is 18.2 Å². The number of rotatable bonds is 4. The minimum absolute atomic E-state index is 0.0421. The van der Waals surface area contributed by atoms with E-state index in [2.05, 4.69) is 15.0 Å². The zero-order valence-electron chi connectivity index (χ0n) is 15.4. The second-order valence-corrected chi connectivity index (χ2v) is 6.58. The van der Waals surface area contributed by atoms with Crippen LogP contribution in [-0.2, 0) is 0 Å². The van der Waals surface area contributed by atoms with Gasteiger partial charge in [-0.05, 0) is 6.07 Å². The SMILES string of the molecule is COc1nccc(OC2CCN(C(=O)c3cc(=O)[nH]c4ccccc34)CC2)n1. The van der Waals surface area contributed by atoms with Gasteiger partial charge in [0.25, 0.3) is 5.91 Å². The van der Waals surface area contributed by atoms with Gasteiger partial charge < -0.3 is 19.4 Å². The van der Waals surface area contributed by atoms with Gasteiger partial charge in [-0.3, -0.25) is 9.59 Å². The number of H-pyrrole nitrogens is 1. The Morgan fingerprint density at radius 3 is 2.79 bits per heavy atom. The van der Waals surface area contributed by atoms with E-state index in [-0.39, 0.29) is 23.6 Å². The molecular formula is C20H20N4O4. The van der Waals surface area contributed by atoms with Gasteiger partial charge in [0.1, 0.15) is 6.10 Å². The lowest BCUT2D eigenvalue weighted by molar-refractivity contribution is 0.0588. The maximum atomic E-state index is 13.0. The predicted octanol–water partition coefficient (Wildman–Crippen LogP) is 2.01. The molecule has 0 unspecified atom stereocenters. The quantitative estimate of drug-likeness (QED) is 0.744. The third-order valence-corrected chi connectivity index (χ3v) is 4.79. The summed E-state index contributed by atoms with van der Waals surface area (Å²) in [6.07, 6.45) is 2.90. The van der Waals surface area contributed by atoms with Crippen molar-refractivity contribution < 1.29 is 14.3 Å². The number of hydrogen-bond donors (Lipinski definition) is 1. The van der Waals surface area contributed by atoms with Crippen LogP contribution in [0, 0.1) is 0 Å². The molecule has 28 heavy (non-hydrogen) atoms. The second kappa shape index (κ2) is 7.67. The van der Waals surface area contributed by atoms with Crippen LogP contribution in [0.2, 0.25) is 0 Å². The number of likely N-dealkylation sites (tertiary alicyclic amines) is 1. The van der Waals surface area contributed by atoms with Crippen LogP contribution < -0.4 is 15.0 Å². The molecule has 0 spiro atoms. The zero-order valence-corrected chi connectivity index (χ0v) is 15.4. The van der Waals surface area contributed by atoms with Gasteiger partial charge in [0, 0.05) is 55.2 Å². The van der Waals surface area contributed by atoms with Crippen molar-refractivity contribution in [2.24, 2.45) is 0 Å². The molecule has 2 aromatic heterocycles. The molecule has 0 atom stereocenters. The highest BCUT2D eigenvalue weighted by Gasteiger charge is 2.26. The number of aromatic nitrogens is 3. The topological polar surface area (TPSA) is 97.4 Å². The van der Waals surface area contributed by atoms with Crippen molar-refractivity contribution in [2.45, 2.75) is 18.9 Å². The Kier molecular flexibility index (Phi) is 4.92. The lowest BCUT2D eigenvalue weighted by Crippen LogP contribution is -2.42. The van der Waals surface area contributed by atoms with E-state index in [9.17, 15) is 9.59 Å². The number of aromatic amines is 1. The number of nitrogens with one attached hydrogen (secondary N) is 1. The fourth-order valence-electron chi connectivity index (χ4n) is 3.39. The highest BCUT2D eigenvalue weighted by molar-refractivity contribution is 6.05. The summed E-state index contributed by atoms with van der Waals surface area (Å²) in [5, 5.41) is 0.749. The van der Waals surface area contributed by atoms with Gasteiger partial charge in [0.2, 0.25) is 11.4 Å².